The minimum Gasteiger partial charge on any atom is -0.382 e. The number of aromatic nitrogens is 4. The number of nitrogen functional groups attached to an aromatic ring is 1. The number of pyridine rings is 1. The largest absolute Gasteiger partial charge is 0.382 e. The minimum absolute atomic E-state index is 0.107. The summed E-state index contributed by atoms with van der Waals surface area (Å²) in [4.78, 5) is 12.2. The van der Waals surface area contributed by atoms with Gasteiger partial charge in [0.2, 0.25) is 0 Å². The molecule has 4 N–H and O–H groups in total. The van der Waals surface area contributed by atoms with Crippen LogP contribution in [0.25, 0.3) is 5.52 Å². The average Bonchev–Trinajstić information content (AvgIpc) is 3.36. The molecule has 8 nitrogen and oxygen atoms in total. The van der Waals surface area contributed by atoms with E-state index in [9.17, 15) is 0 Å². The van der Waals surface area contributed by atoms with Gasteiger partial charge in [-0.1, -0.05) is 23.4 Å². The van der Waals surface area contributed by atoms with Crippen LogP contribution < -0.4 is 16.4 Å². The molecule has 5 rings (SSSR count). The molecule has 0 bridgehead atoms. The van der Waals surface area contributed by atoms with Gasteiger partial charge in [-0.2, -0.15) is 5.10 Å². The second-order valence-electron chi connectivity index (χ2n) is 8.04. The highest BCUT2D eigenvalue weighted by molar-refractivity contribution is 7.99. The third-order valence-corrected chi connectivity index (χ3v) is 8.00. The van der Waals surface area contributed by atoms with Crippen molar-refractivity contribution >= 4 is 40.5 Å². The first kappa shape index (κ1) is 19.9. The molecule has 3 aromatic heterocycles. The van der Waals surface area contributed by atoms with Gasteiger partial charge in [-0.3, -0.25) is 0 Å². The molecule has 10 heteroatoms. The monoisotopic (exact) mass is 445 g/mol. The van der Waals surface area contributed by atoms with Crippen molar-refractivity contribution in [2.75, 3.05) is 36.9 Å². The fraction of sp³-hybridized carbons (Fsp3) is 0.450. The molecule has 0 aromatic carbocycles. The molecule has 2 fully saturated rings. The fourth-order valence-electron chi connectivity index (χ4n) is 4.38. The van der Waals surface area contributed by atoms with Crippen LogP contribution in [0.1, 0.15) is 18.5 Å². The van der Waals surface area contributed by atoms with E-state index in [-0.39, 0.29) is 11.5 Å². The highest BCUT2D eigenvalue weighted by Crippen LogP contribution is 2.41. The lowest BCUT2D eigenvalue weighted by molar-refractivity contribution is 0.132. The summed E-state index contributed by atoms with van der Waals surface area (Å²) in [7, 11) is 0. The predicted molar refractivity (Wildman–Crippen MR) is 118 cm³/mol. The molecule has 0 radical (unpaired) electrons. The fourth-order valence-corrected chi connectivity index (χ4v) is 5.56. The molecule has 2 saturated heterocycles. The number of hydrogen-bond donors (Lipinski definition) is 2. The van der Waals surface area contributed by atoms with E-state index in [0.29, 0.717) is 17.4 Å². The van der Waals surface area contributed by atoms with Crippen molar-refractivity contribution in [2.45, 2.75) is 35.7 Å². The maximum absolute atomic E-state index is 6.36. The predicted octanol–water partition coefficient (Wildman–Crippen LogP) is 2.76. The van der Waals surface area contributed by atoms with E-state index in [1.54, 1.807) is 12.4 Å². The Hall–Kier alpha value is -2.07. The molecule has 1 spiro atoms. The molecular weight excluding hydrogens is 422 g/mol. The molecule has 2 aliphatic rings. The van der Waals surface area contributed by atoms with Crippen molar-refractivity contribution in [3.8, 4) is 0 Å². The van der Waals surface area contributed by atoms with Gasteiger partial charge in [-0.15, -0.1) is 0 Å². The van der Waals surface area contributed by atoms with Crippen LogP contribution in [0, 0.1) is 12.3 Å². The number of ether oxygens (including phenoxy) is 1. The number of anilines is 2. The Morgan fingerprint density at radius 2 is 2.07 bits per heavy atom. The van der Waals surface area contributed by atoms with Crippen LogP contribution in [0.2, 0.25) is 5.02 Å². The number of hydrogen-bond acceptors (Lipinski definition) is 8. The van der Waals surface area contributed by atoms with Crippen molar-refractivity contribution < 1.29 is 4.74 Å². The SMILES string of the molecule is Cc1nc(N2CCC3(CC2)COC[C@H]3N)c2ccnn2c1Sc1ccnc(N)c1Cl. The summed E-state index contributed by atoms with van der Waals surface area (Å²) in [5.41, 5.74) is 14.2. The number of halogens is 1. The molecule has 158 valence electrons. The van der Waals surface area contributed by atoms with Gasteiger partial charge >= 0.3 is 0 Å². The van der Waals surface area contributed by atoms with E-state index >= 15 is 0 Å². The van der Waals surface area contributed by atoms with Gasteiger partial charge in [0.1, 0.15) is 16.4 Å². The Morgan fingerprint density at radius 1 is 1.27 bits per heavy atom. The summed E-state index contributed by atoms with van der Waals surface area (Å²) in [5, 5.41) is 5.92. The van der Waals surface area contributed by atoms with Gasteiger partial charge in [0.15, 0.2) is 5.82 Å². The maximum atomic E-state index is 6.36. The Kier molecular flexibility index (Phi) is 5.01. The molecule has 3 aromatic rings. The molecule has 0 unspecified atom stereocenters. The quantitative estimate of drug-likeness (QED) is 0.633. The molecule has 1 atom stereocenters. The lowest BCUT2D eigenvalue weighted by atomic mass is 9.75. The van der Waals surface area contributed by atoms with E-state index in [0.717, 1.165) is 59.5 Å². The van der Waals surface area contributed by atoms with Crippen LogP contribution in [-0.4, -0.2) is 51.9 Å². The number of aryl methyl sites for hydroxylation is 1. The first-order valence-electron chi connectivity index (χ1n) is 9.99. The first-order chi connectivity index (χ1) is 14.5. The molecule has 0 saturated carbocycles. The summed E-state index contributed by atoms with van der Waals surface area (Å²) in [6.45, 7) is 5.24. The van der Waals surface area contributed by atoms with E-state index in [1.165, 1.54) is 11.8 Å². The number of piperidine rings is 1. The highest BCUT2D eigenvalue weighted by atomic mass is 35.5. The van der Waals surface area contributed by atoms with Gasteiger partial charge in [0.25, 0.3) is 0 Å². The molecule has 30 heavy (non-hydrogen) atoms. The molecular formula is C20H24ClN7OS. The maximum Gasteiger partial charge on any atom is 0.155 e. The zero-order chi connectivity index (χ0) is 20.9. The summed E-state index contributed by atoms with van der Waals surface area (Å²) < 4.78 is 7.59. The van der Waals surface area contributed by atoms with Crippen LogP contribution in [0.3, 0.4) is 0 Å². The van der Waals surface area contributed by atoms with Crippen molar-refractivity contribution in [3.63, 3.8) is 0 Å². The minimum atomic E-state index is 0.107. The smallest absolute Gasteiger partial charge is 0.155 e. The summed E-state index contributed by atoms with van der Waals surface area (Å²) in [6, 6.07) is 3.98. The number of nitrogens with two attached hydrogens (primary N) is 2. The molecule has 2 aliphatic heterocycles. The average molecular weight is 446 g/mol. The zero-order valence-electron chi connectivity index (χ0n) is 16.7. The van der Waals surface area contributed by atoms with Gasteiger partial charge in [-0.25, -0.2) is 14.5 Å². The van der Waals surface area contributed by atoms with Crippen molar-refractivity contribution in [2.24, 2.45) is 11.1 Å². The second kappa shape index (κ2) is 7.56. The molecule has 0 amide bonds. The van der Waals surface area contributed by atoms with Gasteiger partial charge in [-0.05, 0) is 31.9 Å². The lowest BCUT2D eigenvalue weighted by Crippen LogP contribution is -2.49. The van der Waals surface area contributed by atoms with Gasteiger partial charge in [0, 0.05) is 35.6 Å². The Bertz CT molecular complexity index is 1100. The molecule has 5 heterocycles. The Morgan fingerprint density at radius 3 is 2.80 bits per heavy atom. The summed E-state index contributed by atoms with van der Waals surface area (Å²) >= 11 is 7.85. The third-order valence-electron chi connectivity index (χ3n) is 6.27. The third kappa shape index (κ3) is 3.20. The van der Waals surface area contributed by atoms with E-state index in [2.05, 4.69) is 15.0 Å². The van der Waals surface area contributed by atoms with Crippen LogP contribution >= 0.6 is 23.4 Å². The number of rotatable bonds is 3. The van der Waals surface area contributed by atoms with Crippen LogP contribution in [0.4, 0.5) is 11.6 Å². The second-order valence-corrected chi connectivity index (χ2v) is 9.44. The van der Waals surface area contributed by atoms with Crippen molar-refractivity contribution in [1.82, 2.24) is 19.6 Å². The number of nitrogens with zero attached hydrogens (tertiary/aromatic N) is 5. The van der Waals surface area contributed by atoms with Gasteiger partial charge in [0.05, 0.1) is 30.1 Å². The number of fused-ring (bicyclic) bond motifs is 1. The highest BCUT2D eigenvalue weighted by Gasteiger charge is 2.44. The van der Waals surface area contributed by atoms with E-state index in [1.807, 2.05) is 23.6 Å². The Labute approximate surface area is 183 Å². The molecule has 0 aliphatic carbocycles. The topological polar surface area (TPSA) is 108 Å². The normalized spacial score (nSPS) is 21.0. The van der Waals surface area contributed by atoms with Crippen LogP contribution in [0.15, 0.2) is 34.4 Å². The van der Waals surface area contributed by atoms with Crippen molar-refractivity contribution in [3.05, 3.63) is 35.2 Å². The Balaban J connectivity index is 1.47. The lowest BCUT2D eigenvalue weighted by Gasteiger charge is -2.41. The zero-order valence-corrected chi connectivity index (χ0v) is 18.3. The van der Waals surface area contributed by atoms with Crippen LogP contribution in [-0.2, 0) is 4.74 Å². The van der Waals surface area contributed by atoms with Gasteiger partial charge < -0.3 is 21.1 Å². The summed E-state index contributed by atoms with van der Waals surface area (Å²) in [5.74, 6) is 1.27. The standard InChI is InChI=1S/C20H24ClN7OS/c1-12-19(30-14-3-6-24-17(23)16(14)21)28-13(2-7-25-28)18(26-12)27-8-4-20(5-9-27)11-29-10-15(20)22/h2-3,6-7,15H,4-5,8-11,22H2,1H3,(H2,23,24)/t15-/m1/s1. The van der Waals surface area contributed by atoms with E-state index in [4.69, 9.17) is 32.8 Å². The first-order valence-corrected chi connectivity index (χ1v) is 11.2. The van der Waals surface area contributed by atoms with E-state index < -0.39 is 0 Å². The van der Waals surface area contributed by atoms with Crippen LogP contribution in [0.5, 0.6) is 0 Å². The van der Waals surface area contributed by atoms with Crippen molar-refractivity contribution in [1.29, 1.82) is 0 Å². The summed E-state index contributed by atoms with van der Waals surface area (Å²) in [6.07, 6.45) is 5.48.